The molecule has 0 spiro atoms. The fourth-order valence-corrected chi connectivity index (χ4v) is 2.83. The largest absolute Gasteiger partial charge is 0.500 e. The zero-order valence-electron chi connectivity index (χ0n) is 16.8. The van der Waals surface area contributed by atoms with Crippen molar-refractivity contribution in [3.8, 4) is 23.0 Å². The molecule has 0 unspecified atom stereocenters. The van der Waals surface area contributed by atoms with Gasteiger partial charge in [-0.15, -0.1) is 0 Å². The average Bonchev–Trinajstić information content (AvgIpc) is 2.75. The van der Waals surface area contributed by atoms with Crippen LogP contribution in [0.1, 0.15) is 12.5 Å². The summed E-state index contributed by atoms with van der Waals surface area (Å²) in [5.74, 6) is 0.635. The van der Waals surface area contributed by atoms with Gasteiger partial charge in [-0.3, -0.25) is 10.1 Å². The van der Waals surface area contributed by atoms with Gasteiger partial charge in [0.05, 0.1) is 12.0 Å². The van der Waals surface area contributed by atoms with E-state index in [0.717, 1.165) is 0 Å². The summed E-state index contributed by atoms with van der Waals surface area (Å²) in [6, 6.07) is 19.3. The predicted octanol–water partition coefficient (Wildman–Crippen LogP) is 5.64. The minimum atomic E-state index is -1.10. The molecular formula is C23H19NO7. The molecular weight excluding hydrogens is 402 g/mol. The van der Waals surface area contributed by atoms with Crippen LogP contribution in [0, 0.1) is 10.1 Å². The lowest BCUT2D eigenvalue weighted by Gasteiger charge is -2.11. The van der Waals surface area contributed by atoms with Gasteiger partial charge in [-0.1, -0.05) is 24.3 Å². The van der Waals surface area contributed by atoms with Crippen molar-refractivity contribution in [2.45, 2.75) is 6.92 Å². The number of nitro groups is 1. The second kappa shape index (κ2) is 9.45. The van der Waals surface area contributed by atoms with Crippen molar-refractivity contribution in [1.29, 1.82) is 0 Å². The highest BCUT2D eigenvalue weighted by atomic mass is 16.6. The van der Waals surface area contributed by atoms with Crippen molar-refractivity contribution in [3.05, 3.63) is 94.2 Å². The van der Waals surface area contributed by atoms with E-state index in [-0.39, 0.29) is 22.8 Å². The first-order valence-electron chi connectivity index (χ1n) is 9.17. The van der Waals surface area contributed by atoms with Gasteiger partial charge >= 0.3 is 11.7 Å². The molecule has 3 aromatic rings. The highest BCUT2D eigenvalue weighted by Gasteiger charge is 2.16. The van der Waals surface area contributed by atoms with Gasteiger partial charge in [0.25, 0.3) is 0 Å². The Balaban J connectivity index is 1.78. The Kier molecular flexibility index (Phi) is 6.51. The molecule has 1 N–H and O–H groups in total. The Labute approximate surface area is 178 Å². The summed E-state index contributed by atoms with van der Waals surface area (Å²) in [7, 11) is 1.41. The molecule has 158 valence electrons. The number of carboxylic acid groups (broad SMARTS) is 1. The number of hydrogen-bond acceptors (Lipinski definition) is 6. The lowest BCUT2D eigenvalue weighted by molar-refractivity contribution is -0.385. The number of carbonyl (C=O) groups is 1. The first-order chi connectivity index (χ1) is 14.9. The van der Waals surface area contributed by atoms with Gasteiger partial charge in [-0.05, 0) is 55.0 Å². The predicted molar refractivity (Wildman–Crippen MR) is 113 cm³/mol. The maximum Gasteiger partial charge on any atom is 0.339 e. The van der Waals surface area contributed by atoms with E-state index >= 15 is 0 Å². The molecule has 31 heavy (non-hydrogen) atoms. The van der Waals surface area contributed by atoms with Crippen LogP contribution in [0.25, 0.3) is 5.57 Å². The zero-order chi connectivity index (χ0) is 22.4. The molecule has 0 aromatic heterocycles. The maximum atomic E-state index is 11.6. The van der Waals surface area contributed by atoms with Crippen molar-refractivity contribution in [3.63, 3.8) is 0 Å². The van der Waals surface area contributed by atoms with Gasteiger partial charge in [-0.2, -0.15) is 0 Å². The molecule has 0 bridgehead atoms. The lowest BCUT2D eigenvalue weighted by Crippen LogP contribution is -2.04. The van der Waals surface area contributed by atoms with Crippen LogP contribution in [0.2, 0.25) is 0 Å². The fraction of sp³-hybridized carbons (Fsp3) is 0.0870. The minimum absolute atomic E-state index is 0.0427. The van der Waals surface area contributed by atoms with Gasteiger partial charge in [0, 0.05) is 6.07 Å². The van der Waals surface area contributed by atoms with Crippen LogP contribution in [0.15, 0.2) is 78.6 Å². The monoisotopic (exact) mass is 421 g/mol. The molecule has 0 amide bonds. The van der Waals surface area contributed by atoms with Crippen LogP contribution in [0.4, 0.5) is 5.69 Å². The summed E-state index contributed by atoms with van der Waals surface area (Å²) >= 11 is 0. The van der Waals surface area contributed by atoms with E-state index in [2.05, 4.69) is 0 Å². The molecule has 3 rings (SSSR count). The van der Waals surface area contributed by atoms with Crippen LogP contribution in [0.3, 0.4) is 0 Å². The number of rotatable bonds is 8. The van der Waals surface area contributed by atoms with E-state index in [1.165, 1.54) is 19.2 Å². The molecule has 0 aliphatic carbocycles. The second-order valence-electron chi connectivity index (χ2n) is 6.37. The molecule has 0 heterocycles. The van der Waals surface area contributed by atoms with Gasteiger partial charge in [0.1, 0.15) is 28.6 Å². The molecule has 0 fully saturated rings. The van der Waals surface area contributed by atoms with Gasteiger partial charge < -0.3 is 19.3 Å². The smallest absolute Gasteiger partial charge is 0.339 e. The molecule has 0 saturated heterocycles. The SMILES string of the molecule is COC(C)=C(C(=O)O)c1cccc(Oc2ccc(Oc3ccccc3[N+](=O)[O-])cc2)c1. The highest BCUT2D eigenvalue weighted by molar-refractivity contribution is 6.16. The molecule has 8 nitrogen and oxygen atoms in total. The fourth-order valence-electron chi connectivity index (χ4n) is 2.83. The lowest BCUT2D eigenvalue weighted by atomic mass is 10.0. The van der Waals surface area contributed by atoms with Crippen molar-refractivity contribution < 1.29 is 29.0 Å². The Bertz CT molecular complexity index is 1140. The van der Waals surface area contributed by atoms with E-state index in [9.17, 15) is 20.0 Å². The summed E-state index contributed by atoms with van der Waals surface area (Å²) in [6.45, 7) is 1.58. The Morgan fingerprint density at radius 1 is 0.903 bits per heavy atom. The normalized spacial score (nSPS) is 11.3. The number of hydrogen-bond donors (Lipinski definition) is 1. The Morgan fingerprint density at radius 3 is 2.16 bits per heavy atom. The van der Waals surface area contributed by atoms with Crippen molar-refractivity contribution in [1.82, 2.24) is 0 Å². The molecule has 3 aromatic carbocycles. The van der Waals surface area contributed by atoms with E-state index in [1.807, 2.05) is 0 Å². The standard InChI is InChI=1S/C23H19NO7/c1-15(29-2)22(23(25)26)16-6-5-7-19(14-16)30-17-10-12-18(13-11-17)31-21-9-4-3-8-20(21)24(27)28/h3-14H,1-2H3,(H,25,26). The number of aliphatic carboxylic acids is 1. The van der Waals surface area contributed by atoms with Crippen LogP contribution >= 0.6 is 0 Å². The number of ether oxygens (including phenoxy) is 3. The third kappa shape index (κ3) is 5.18. The molecule has 0 radical (unpaired) electrons. The number of methoxy groups -OCH3 is 1. The van der Waals surface area contributed by atoms with E-state index in [0.29, 0.717) is 22.8 Å². The number of para-hydroxylation sites is 2. The topological polar surface area (TPSA) is 108 Å². The van der Waals surface area contributed by atoms with Crippen molar-refractivity contribution >= 4 is 17.2 Å². The van der Waals surface area contributed by atoms with Crippen LogP contribution < -0.4 is 9.47 Å². The quantitative estimate of drug-likeness (QED) is 0.217. The number of allylic oxidation sites excluding steroid dienone is 1. The Hall–Kier alpha value is -4.33. The van der Waals surface area contributed by atoms with Crippen molar-refractivity contribution in [2.24, 2.45) is 0 Å². The van der Waals surface area contributed by atoms with Gasteiger partial charge in [-0.25, -0.2) is 4.79 Å². The van der Waals surface area contributed by atoms with Crippen LogP contribution in [-0.4, -0.2) is 23.1 Å². The number of nitrogens with zero attached hydrogens (tertiary/aromatic N) is 1. The number of benzene rings is 3. The van der Waals surface area contributed by atoms with Gasteiger partial charge in [0.2, 0.25) is 5.75 Å². The maximum absolute atomic E-state index is 11.6. The average molecular weight is 421 g/mol. The van der Waals surface area contributed by atoms with E-state index in [4.69, 9.17) is 14.2 Å². The third-order valence-corrected chi connectivity index (χ3v) is 4.34. The summed E-state index contributed by atoms with van der Waals surface area (Å²) in [6.07, 6.45) is 0. The minimum Gasteiger partial charge on any atom is -0.500 e. The van der Waals surface area contributed by atoms with E-state index in [1.54, 1.807) is 67.6 Å². The molecule has 0 saturated carbocycles. The molecule has 0 atom stereocenters. The van der Waals surface area contributed by atoms with Crippen LogP contribution in [0.5, 0.6) is 23.0 Å². The number of carboxylic acids is 1. The highest BCUT2D eigenvalue weighted by Crippen LogP contribution is 2.33. The summed E-state index contributed by atoms with van der Waals surface area (Å²) < 4.78 is 16.5. The Morgan fingerprint density at radius 2 is 1.55 bits per heavy atom. The van der Waals surface area contributed by atoms with Crippen LogP contribution in [-0.2, 0) is 9.53 Å². The van der Waals surface area contributed by atoms with Crippen molar-refractivity contribution in [2.75, 3.05) is 7.11 Å². The summed E-state index contributed by atoms with van der Waals surface area (Å²) in [5, 5.41) is 20.6. The number of nitro benzene ring substituents is 1. The summed E-state index contributed by atoms with van der Waals surface area (Å²) in [5.41, 5.74) is 0.357. The molecule has 8 heteroatoms. The summed E-state index contributed by atoms with van der Waals surface area (Å²) in [4.78, 5) is 22.2. The third-order valence-electron chi connectivity index (χ3n) is 4.34. The second-order valence-corrected chi connectivity index (χ2v) is 6.37. The first kappa shape index (κ1) is 21.4. The molecule has 0 aliphatic heterocycles. The zero-order valence-corrected chi connectivity index (χ0v) is 16.8. The van der Waals surface area contributed by atoms with E-state index < -0.39 is 10.9 Å². The van der Waals surface area contributed by atoms with Gasteiger partial charge in [0.15, 0.2) is 0 Å². The first-order valence-corrected chi connectivity index (χ1v) is 9.17. The molecule has 0 aliphatic rings.